The van der Waals surface area contributed by atoms with Crippen molar-refractivity contribution in [1.29, 1.82) is 0 Å². The molecule has 0 unspecified atom stereocenters. The van der Waals surface area contributed by atoms with E-state index < -0.39 is 0 Å². The number of aliphatic hydroxyl groups excluding tert-OH is 1. The van der Waals surface area contributed by atoms with Crippen LogP contribution >= 0.6 is 0 Å². The van der Waals surface area contributed by atoms with Gasteiger partial charge in [-0.05, 0) is 43.5 Å². The van der Waals surface area contributed by atoms with Gasteiger partial charge < -0.3 is 15.6 Å². The van der Waals surface area contributed by atoms with Gasteiger partial charge in [0.05, 0.1) is 12.7 Å². The van der Waals surface area contributed by atoms with Crippen molar-refractivity contribution in [3.8, 4) is 5.75 Å². The van der Waals surface area contributed by atoms with Crippen LogP contribution in [0.2, 0.25) is 0 Å². The summed E-state index contributed by atoms with van der Waals surface area (Å²) in [6, 6.07) is 8.24. The van der Waals surface area contributed by atoms with E-state index in [2.05, 4.69) is 17.0 Å². The average molecular weight is 264 g/mol. The van der Waals surface area contributed by atoms with Crippen molar-refractivity contribution in [3.63, 3.8) is 0 Å². The van der Waals surface area contributed by atoms with Crippen molar-refractivity contribution >= 4 is 0 Å². The van der Waals surface area contributed by atoms with Crippen LogP contribution in [0.25, 0.3) is 0 Å². The molecule has 0 saturated carbocycles. The maximum absolute atomic E-state index is 9.50. The van der Waals surface area contributed by atoms with Crippen molar-refractivity contribution < 1.29 is 9.84 Å². The summed E-state index contributed by atoms with van der Waals surface area (Å²) in [6.45, 7) is 4.21. The molecule has 1 aliphatic heterocycles. The summed E-state index contributed by atoms with van der Waals surface area (Å²) in [5.41, 5.74) is 6.72. The lowest BCUT2D eigenvalue weighted by atomic mass is 10.1. The molecule has 1 aromatic rings. The summed E-state index contributed by atoms with van der Waals surface area (Å²) >= 11 is 0. The predicted molar refractivity (Wildman–Crippen MR) is 76.1 cm³/mol. The number of hydrogen-bond acceptors (Lipinski definition) is 4. The molecular weight excluding hydrogens is 240 g/mol. The Morgan fingerprint density at radius 3 is 2.84 bits per heavy atom. The molecule has 2 rings (SSSR count). The number of hydrogen-bond donors (Lipinski definition) is 2. The Bertz CT molecular complexity index is 376. The fraction of sp³-hybridized carbons (Fsp3) is 0.600. The minimum atomic E-state index is -0.109. The van der Waals surface area contributed by atoms with Gasteiger partial charge in [-0.1, -0.05) is 12.1 Å². The predicted octanol–water partition coefficient (Wildman–Crippen LogP) is 1.37. The van der Waals surface area contributed by atoms with Crippen LogP contribution in [0.1, 0.15) is 24.8 Å². The second-order valence-electron chi connectivity index (χ2n) is 5.15. The number of nitrogens with zero attached hydrogens (tertiary/aromatic N) is 1. The molecule has 0 amide bonds. The van der Waals surface area contributed by atoms with Gasteiger partial charge in [0.2, 0.25) is 0 Å². The number of likely N-dealkylation sites (tertiary alicyclic amines) is 1. The van der Waals surface area contributed by atoms with Gasteiger partial charge in [0, 0.05) is 19.6 Å². The molecular formula is C15H24N2O2. The Morgan fingerprint density at radius 2 is 2.11 bits per heavy atom. The first-order valence-corrected chi connectivity index (χ1v) is 7.10. The minimum absolute atomic E-state index is 0.109. The summed E-state index contributed by atoms with van der Waals surface area (Å²) in [7, 11) is 0. The Labute approximate surface area is 115 Å². The Kier molecular flexibility index (Phi) is 5.63. The first-order valence-electron chi connectivity index (χ1n) is 7.10. The van der Waals surface area contributed by atoms with E-state index in [1.807, 2.05) is 12.1 Å². The van der Waals surface area contributed by atoms with Gasteiger partial charge in [0.25, 0.3) is 0 Å². The molecule has 106 valence electrons. The highest BCUT2D eigenvalue weighted by atomic mass is 16.5. The molecule has 4 nitrogen and oxygen atoms in total. The molecule has 0 aliphatic carbocycles. The van der Waals surface area contributed by atoms with E-state index in [0.717, 1.165) is 44.6 Å². The molecule has 0 bridgehead atoms. The van der Waals surface area contributed by atoms with E-state index in [0.29, 0.717) is 13.2 Å². The lowest BCUT2D eigenvalue weighted by Gasteiger charge is -2.29. The molecule has 3 N–H and O–H groups in total. The van der Waals surface area contributed by atoms with Gasteiger partial charge in [0.1, 0.15) is 5.75 Å². The highest BCUT2D eigenvalue weighted by Crippen LogP contribution is 2.17. The summed E-state index contributed by atoms with van der Waals surface area (Å²) in [5.74, 6) is 0.919. The molecule has 1 saturated heterocycles. The lowest BCUT2D eigenvalue weighted by molar-refractivity contribution is 0.0792. The molecule has 19 heavy (non-hydrogen) atoms. The van der Waals surface area contributed by atoms with Crippen LogP contribution in [0.4, 0.5) is 0 Å². The number of nitrogens with two attached hydrogens (primary N) is 1. The molecule has 0 aromatic heterocycles. The topological polar surface area (TPSA) is 58.7 Å². The number of piperidine rings is 1. The average Bonchev–Trinajstić information content (AvgIpc) is 2.42. The zero-order valence-corrected chi connectivity index (χ0v) is 11.4. The first-order chi connectivity index (χ1) is 9.28. The van der Waals surface area contributed by atoms with Crippen LogP contribution in [0.15, 0.2) is 24.3 Å². The molecule has 1 aromatic carbocycles. The van der Waals surface area contributed by atoms with E-state index in [1.165, 1.54) is 5.56 Å². The second-order valence-corrected chi connectivity index (χ2v) is 5.15. The summed E-state index contributed by atoms with van der Waals surface area (Å²) < 4.78 is 5.65. The van der Waals surface area contributed by atoms with E-state index in [4.69, 9.17) is 10.5 Å². The van der Waals surface area contributed by atoms with Crippen molar-refractivity contribution in [2.45, 2.75) is 31.9 Å². The van der Waals surface area contributed by atoms with Gasteiger partial charge in [0.15, 0.2) is 0 Å². The van der Waals surface area contributed by atoms with Gasteiger partial charge in [-0.3, -0.25) is 4.90 Å². The fourth-order valence-corrected chi connectivity index (χ4v) is 2.34. The van der Waals surface area contributed by atoms with E-state index in [9.17, 15) is 5.11 Å². The van der Waals surface area contributed by atoms with E-state index in [1.54, 1.807) is 0 Å². The zero-order chi connectivity index (χ0) is 13.5. The number of benzene rings is 1. The second kappa shape index (κ2) is 7.48. The summed E-state index contributed by atoms with van der Waals surface area (Å²) in [4.78, 5) is 2.38. The largest absolute Gasteiger partial charge is 0.494 e. The quantitative estimate of drug-likeness (QED) is 0.762. The molecule has 0 atom stereocenters. The highest BCUT2D eigenvalue weighted by molar-refractivity contribution is 5.28. The third-order valence-corrected chi connectivity index (χ3v) is 3.48. The normalized spacial score (nSPS) is 17.6. The van der Waals surface area contributed by atoms with Crippen molar-refractivity contribution in [3.05, 3.63) is 29.8 Å². The smallest absolute Gasteiger partial charge is 0.119 e. The molecule has 1 heterocycles. The maximum Gasteiger partial charge on any atom is 0.119 e. The van der Waals surface area contributed by atoms with Crippen LogP contribution in [0.3, 0.4) is 0 Å². The third kappa shape index (κ3) is 4.82. The Balaban J connectivity index is 1.84. The van der Waals surface area contributed by atoms with Gasteiger partial charge >= 0.3 is 0 Å². The zero-order valence-electron chi connectivity index (χ0n) is 11.4. The maximum atomic E-state index is 9.50. The lowest BCUT2D eigenvalue weighted by Crippen LogP contribution is -2.35. The number of rotatable bonds is 6. The molecule has 4 heteroatoms. The van der Waals surface area contributed by atoms with Gasteiger partial charge in [-0.15, -0.1) is 0 Å². The van der Waals surface area contributed by atoms with Gasteiger partial charge in [-0.2, -0.15) is 0 Å². The number of ether oxygens (including phenoxy) is 1. The van der Waals surface area contributed by atoms with Crippen LogP contribution in [-0.2, 0) is 6.54 Å². The standard InChI is InChI=1S/C15H24N2O2/c16-7-2-10-19-15-4-1-3-13(11-15)12-17-8-5-14(18)6-9-17/h1,3-4,11,14,18H,2,5-10,12,16H2. The summed E-state index contributed by atoms with van der Waals surface area (Å²) in [5, 5.41) is 9.50. The molecule has 0 spiro atoms. The fourth-order valence-electron chi connectivity index (χ4n) is 2.34. The number of aliphatic hydroxyl groups is 1. The Hall–Kier alpha value is -1.10. The van der Waals surface area contributed by atoms with Crippen molar-refractivity contribution in [1.82, 2.24) is 4.90 Å². The molecule has 1 aliphatic rings. The van der Waals surface area contributed by atoms with Crippen LogP contribution in [0.5, 0.6) is 5.75 Å². The van der Waals surface area contributed by atoms with Crippen LogP contribution in [-0.4, -0.2) is 42.4 Å². The van der Waals surface area contributed by atoms with Gasteiger partial charge in [-0.25, -0.2) is 0 Å². The SMILES string of the molecule is NCCCOc1cccc(CN2CCC(O)CC2)c1. The first kappa shape index (κ1) is 14.3. The minimum Gasteiger partial charge on any atom is -0.494 e. The Morgan fingerprint density at radius 1 is 1.32 bits per heavy atom. The van der Waals surface area contributed by atoms with Crippen molar-refractivity contribution in [2.24, 2.45) is 5.73 Å². The van der Waals surface area contributed by atoms with E-state index in [-0.39, 0.29) is 6.10 Å². The van der Waals surface area contributed by atoms with E-state index >= 15 is 0 Å². The summed E-state index contributed by atoms with van der Waals surface area (Å²) in [6.07, 6.45) is 2.54. The third-order valence-electron chi connectivity index (χ3n) is 3.48. The molecule has 1 fully saturated rings. The van der Waals surface area contributed by atoms with Crippen molar-refractivity contribution in [2.75, 3.05) is 26.2 Å². The molecule has 0 radical (unpaired) electrons. The monoisotopic (exact) mass is 264 g/mol. The van der Waals surface area contributed by atoms with Crippen LogP contribution in [0, 0.1) is 0 Å². The highest BCUT2D eigenvalue weighted by Gasteiger charge is 2.16. The van der Waals surface area contributed by atoms with Crippen LogP contribution < -0.4 is 10.5 Å².